The zero-order chi connectivity index (χ0) is 14.2. The highest BCUT2D eigenvalue weighted by Gasteiger charge is 2.45. The maximum Gasteiger partial charge on any atom is 0.0731 e. The lowest BCUT2D eigenvalue weighted by Gasteiger charge is -2.54. The highest BCUT2D eigenvalue weighted by Crippen LogP contribution is 2.40. The van der Waals surface area contributed by atoms with E-state index in [1.165, 1.54) is 44.9 Å². The fraction of sp³-hybridized carbons (Fsp3) is 1.00. The molecule has 1 aliphatic heterocycles. The maximum absolute atomic E-state index is 6.06. The Morgan fingerprint density at radius 3 is 2.60 bits per heavy atom. The Bertz CT molecular complexity index is 329. The SMILES string of the molecule is CNC1C(N2CCOC3CCCCC32)CCCC1(C)C. The van der Waals surface area contributed by atoms with Crippen LogP contribution >= 0.6 is 0 Å². The van der Waals surface area contributed by atoms with Crippen LogP contribution in [0, 0.1) is 5.41 Å². The Morgan fingerprint density at radius 1 is 1.05 bits per heavy atom. The Hall–Kier alpha value is -0.120. The van der Waals surface area contributed by atoms with Gasteiger partial charge in [0.1, 0.15) is 0 Å². The van der Waals surface area contributed by atoms with Crippen LogP contribution in [0.3, 0.4) is 0 Å². The van der Waals surface area contributed by atoms with E-state index in [0.29, 0.717) is 29.6 Å². The van der Waals surface area contributed by atoms with Crippen LogP contribution in [0.25, 0.3) is 0 Å². The highest BCUT2D eigenvalue weighted by molar-refractivity contribution is 5.01. The van der Waals surface area contributed by atoms with Gasteiger partial charge in [0.25, 0.3) is 0 Å². The van der Waals surface area contributed by atoms with Gasteiger partial charge in [-0.1, -0.05) is 33.1 Å². The summed E-state index contributed by atoms with van der Waals surface area (Å²) in [6.45, 7) is 6.97. The minimum Gasteiger partial charge on any atom is -0.375 e. The Balaban J connectivity index is 1.78. The van der Waals surface area contributed by atoms with E-state index in [1.807, 2.05) is 0 Å². The van der Waals surface area contributed by atoms with Gasteiger partial charge in [-0.25, -0.2) is 0 Å². The van der Waals surface area contributed by atoms with Crippen LogP contribution < -0.4 is 5.32 Å². The highest BCUT2D eigenvalue weighted by atomic mass is 16.5. The molecule has 4 atom stereocenters. The van der Waals surface area contributed by atoms with Crippen molar-refractivity contribution in [3.8, 4) is 0 Å². The van der Waals surface area contributed by atoms with Crippen molar-refractivity contribution < 1.29 is 4.74 Å². The summed E-state index contributed by atoms with van der Waals surface area (Å²) in [6, 6.07) is 2.02. The summed E-state index contributed by atoms with van der Waals surface area (Å²) in [4.78, 5) is 2.83. The van der Waals surface area contributed by atoms with Gasteiger partial charge < -0.3 is 10.1 Å². The third-order valence-corrected chi connectivity index (χ3v) is 6.06. The van der Waals surface area contributed by atoms with E-state index >= 15 is 0 Å². The summed E-state index contributed by atoms with van der Waals surface area (Å²) in [5, 5.41) is 3.65. The molecule has 1 N–H and O–H groups in total. The average Bonchev–Trinajstić information content (AvgIpc) is 2.45. The standard InChI is InChI=1S/C17H32N2O/c1-17(2)10-6-8-14(16(17)18-3)19-11-12-20-15-9-5-4-7-13(15)19/h13-16,18H,4-12H2,1-3H3. The molecule has 2 aliphatic carbocycles. The Morgan fingerprint density at radius 2 is 1.80 bits per heavy atom. The second-order valence-electron chi connectivity index (χ2n) is 7.71. The van der Waals surface area contributed by atoms with Gasteiger partial charge in [-0.2, -0.15) is 0 Å². The van der Waals surface area contributed by atoms with Crippen molar-refractivity contribution in [2.24, 2.45) is 5.41 Å². The minimum absolute atomic E-state index is 0.417. The van der Waals surface area contributed by atoms with Crippen molar-refractivity contribution in [1.29, 1.82) is 0 Å². The van der Waals surface area contributed by atoms with Crippen LogP contribution in [0.15, 0.2) is 0 Å². The quantitative estimate of drug-likeness (QED) is 0.842. The van der Waals surface area contributed by atoms with E-state index in [0.717, 1.165) is 13.2 Å². The van der Waals surface area contributed by atoms with Crippen molar-refractivity contribution in [1.82, 2.24) is 10.2 Å². The first kappa shape index (κ1) is 14.8. The summed E-state index contributed by atoms with van der Waals surface area (Å²) in [5.41, 5.74) is 0.417. The molecule has 3 aliphatic rings. The molecule has 3 nitrogen and oxygen atoms in total. The molecule has 20 heavy (non-hydrogen) atoms. The average molecular weight is 280 g/mol. The van der Waals surface area contributed by atoms with E-state index < -0.39 is 0 Å². The molecule has 116 valence electrons. The second-order valence-corrected chi connectivity index (χ2v) is 7.71. The summed E-state index contributed by atoms with van der Waals surface area (Å²) in [5.74, 6) is 0. The van der Waals surface area contributed by atoms with Gasteiger partial charge in [0.2, 0.25) is 0 Å². The molecule has 0 aromatic carbocycles. The molecule has 3 fully saturated rings. The normalized spacial score (nSPS) is 42.1. The molecular formula is C17H32N2O. The van der Waals surface area contributed by atoms with Crippen LogP contribution in [-0.4, -0.2) is 49.3 Å². The monoisotopic (exact) mass is 280 g/mol. The lowest BCUT2D eigenvalue weighted by Crippen LogP contribution is -2.64. The number of morpholine rings is 1. The van der Waals surface area contributed by atoms with Crippen molar-refractivity contribution in [3.63, 3.8) is 0 Å². The van der Waals surface area contributed by atoms with Gasteiger partial charge >= 0.3 is 0 Å². The van der Waals surface area contributed by atoms with Crippen molar-refractivity contribution in [3.05, 3.63) is 0 Å². The van der Waals surface area contributed by atoms with Crippen LogP contribution in [0.2, 0.25) is 0 Å². The molecular weight excluding hydrogens is 248 g/mol. The smallest absolute Gasteiger partial charge is 0.0731 e. The third kappa shape index (κ3) is 2.65. The molecule has 0 amide bonds. The number of nitrogens with one attached hydrogen (secondary N) is 1. The fourth-order valence-electron chi connectivity index (χ4n) is 5.09. The molecule has 4 unspecified atom stereocenters. The predicted molar refractivity (Wildman–Crippen MR) is 83.0 cm³/mol. The maximum atomic E-state index is 6.06. The number of fused-ring (bicyclic) bond motifs is 1. The van der Waals surface area contributed by atoms with Crippen molar-refractivity contribution in [2.75, 3.05) is 20.2 Å². The largest absolute Gasteiger partial charge is 0.375 e. The minimum atomic E-state index is 0.417. The summed E-state index contributed by atoms with van der Waals surface area (Å²) in [6.07, 6.45) is 9.98. The first-order valence-electron chi connectivity index (χ1n) is 8.68. The third-order valence-electron chi connectivity index (χ3n) is 6.06. The Kier molecular flexibility index (Phi) is 4.40. The predicted octanol–water partition coefficient (Wildman–Crippen LogP) is 2.80. The molecule has 1 saturated heterocycles. The molecule has 0 aromatic heterocycles. The van der Waals surface area contributed by atoms with Gasteiger partial charge in [0.15, 0.2) is 0 Å². The molecule has 2 saturated carbocycles. The number of hydrogen-bond acceptors (Lipinski definition) is 3. The number of ether oxygens (including phenoxy) is 1. The van der Waals surface area contributed by atoms with E-state index in [1.54, 1.807) is 0 Å². The van der Waals surface area contributed by atoms with E-state index in [4.69, 9.17) is 4.74 Å². The Labute approximate surface area is 124 Å². The van der Waals surface area contributed by atoms with E-state index in [9.17, 15) is 0 Å². The number of likely N-dealkylation sites (N-methyl/N-ethyl adjacent to an activating group) is 1. The molecule has 0 radical (unpaired) electrons. The number of rotatable bonds is 2. The lowest BCUT2D eigenvalue weighted by atomic mass is 9.69. The molecule has 1 heterocycles. The zero-order valence-electron chi connectivity index (χ0n) is 13.5. The lowest BCUT2D eigenvalue weighted by molar-refractivity contribution is -0.118. The topological polar surface area (TPSA) is 24.5 Å². The van der Waals surface area contributed by atoms with Crippen LogP contribution in [0.1, 0.15) is 58.8 Å². The summed E-state index contributed by atoms with van der Waals surface area (Å²) in [7, 11) is 2.16. The molecule has 3 heteroatoms. The van der Waals surface area contributed by atoms with Gasteiger partial charge in [0.05, 0.1) is 12.7 Å². The van der Waals surface area contributed by atoms with Crippen LogP contribution in [-0.2, 0) is 4.74 Å². The molecule has 3 rings (SSSR count). The van der Waals surface area contributed by atoms with Gasteiger partial charge in [-0.15, -0.1) is 0 Å². The first-order chi connectivity index (χ1) is 9.63. The van der Waals surface area contributed by atoms with Crippen LogP contribution in [0.5, 0.6) is 0 Å². The molecule has 0 aromatic rings. The van der Waals surface area contributed by atoms with Crippen molar-refractivity contribution in [2.45, 2.75) is 83.0 Å². The zero-order valence-corrected chi connectivity index (χ0v) is 13.5. The van der Waals surface area contributed by atoms with Gasteiger partial charge in [-0.3, -0.25) is 4.90 Å². The van der Waals surface area contributed by atoms with Gasteiger partial charge in [-0.05, 0) is 38.1 Å². The van der Waals surface area contributed by atoms with Crippen molar-refractivity contribution >= 4 is 0 Å². The number of nitrogens with zero attached hydrogens (tertiary/aromatic N) is 1. The van der Waals surface area contributed by atoms with E-state index in [-0.39, 0.29) is 0 Å². The number of hydrogen-bond donors (Lipinski definition) is 1. The fourth-order valence-corrected chi connectivity index (χ4v) is 5.09. The second kappa shape index (κ2) is 5.94. The first-order valence-corrected chi connectivity index (χ1v) is 8.68. The summed E-state index contributed by atoms with van der Waals surface area (Å²) >= 11 is 0. The van der Waals surface area contributed by atoms with E-state index in [2.05, 4.69) is 31.1 Å². The molecule has 0 spiro atoms. The van der Waals surface area contributed by atoms with Crippen LogP contribution in [0.4, 0.5) is 0 Å². The van der Waals surface area contributed by atoms with Gasteiger partial charge in [0, 0.05) is 24.7 Å². The molecule has 0 bridgehead atoms. The summed E-state index contributed by atoms with van der Waals surface area (Å²) < 4.78 is 6.06.